The lowest BCUT2D eigenvalue weighted by atomic mass is 10.3. The number of hydrogen-bond donors (Lipinski definition) is 2. The number of aromatic nitrogens is 1. The second-order valence-corrected chi connectivity index (χ2v) is 6.28. The Bertz CT molecular complexity index is 633. The Labute approximate surface area is 110 Å². The van der Waals surface area contributed by atoms with Crippen LogP contribution >= 0.6 is 11.3 Å². The van der Waals surface area contributed by atoms with E-state index in [4.69, 9.17) is 5.14 Å². The van der Waals surface area contributed by atoms with Gasteiger partial charge in [0.2, 0.25) is 10.0 Å². The van der Waals surface area contributed by atoms with Gasteiger partial charge in [0, 0.05) is 10.6 Å². The number of anilines is 1. The van der Waals surface area contributed by atoms with E-state index in [0.29, 0.717) is 6.54 Å². The number of sulfonamides is 1. The number of nitrogens with one attached hydrogen (secondary N) is 1. The molecule has 0 radical (unpaired) electrons. The average molecular weight is 283 g/mol. The molecule has 1 heterocycles. The Morgan fingerprint density at radius 2 is 2.00 bits per heavy atom. The highest BCUT2D eigenvalue weighted by Crippen LogP contribution is 2.16. The molecule has 0 bridgehead atoms. The minimum atomic E-state index is -3.62. The first-order chi connectivity index (χ1) is 8.47. The Kier molecular flexibility index (Phi) is 3.65. The van der Waals surface area contributed by atoms with Crippen molar-refractivity contribution in [2.75, 3.05) is 5.32 Å². The minimum absolute atomic E-state index is 0.113. The first-order valence-electron chi connectivity index (χ1n) is 5.22. The van der Waals surface area contributed by atoms with Gasteiger partial charge in [0.05, 0.1) is 22.6 Å². The van der Waals surface area contributed by atoms with E-state index < -0.39 is 10.0 Å². The third-order valence-corrected chi connectivity index (χ3v) is 4.35. The van der Waals surface area contributed by atoms with Gasteiger partial charge in [0.1, 0.15) is 0 Å². The number of thiazole rings is 1. The SMILES string of the molecule is Cc1ncsc1CNc1ccc(S(N)(=O)=O)cc1. The van der Waals surface area contributed by atoms with E-state index in [9.17, 15) is 8.42 Å². The fourth-order valence-corrected chi connectivity index (χ4v) is 2.67. The zero-order chi connectivity index (χ0) is 13.2. The van der Waals surface area contributed by atoms with Crippen molar-refractivity contribution in [2.24, 2.45) is 5.14 Å². The van der Waals surface area contributed by atoms with E-state index in [-0.39, 0.29) is 4.90 Å². The summed E-state index contributed by atoms with van der Waals surface area (Å²) in [6, 6.07) is 6.35. The molecule has 2 rings (SSSR count). The van der Waals surface area contributed by atoms with Crippen molar-refractivity contribution in [3.05, 3.63) is 40.3 Å². The Hall–Kier alpha value is -1.44. The molecule has 2 aromatic rings. The number of benzene rings is 1. The molecule has 1 aromatic carbocycles. The van der Waals surface area contributed by atoms with Gasteiger partial charge in [-0.3, -0.25) is 0 Å². The predicted octanol–water partition coefficient (Wildman–Crippen LogP) is 1.71. The van der Waals surface area contributed by atoms with Crippen LogP contribution in [0.15, 0.2) is 34.7 Å². The summed E-state index contributed by atoms with van der Waals surface area (Å²) in [5, 5.41) is 8.22. The van der Waals surface area contributed by atoms with Gasteiger partial charge in [-0.1, -0.05) is 0 Å². The highest BCUT2D eigenvalue weighted by molar-refractivity contribution is 7.89. The number of aryl methyl sites for hydroxylation is 1. The van der Waals surface area contributed by atoms with Crippen LogP contribution in [-0.2, 0) is 16.6 Å². The van der Waals surface area contributed by atoms with E-state index in [2.05, 4.69) is 10.3 Å². The summed E-state index contributed by atoms with van der Waals surface area (Å²) in [4.78, 5) is 5.43. The summed E-state index contributed by atoms with van der Waals surface area (Å²) in [5.41, 5.74) is 3.65. The van der Waals surface area contributed by atoms with Gasteiger partial charge in [-0.2, -0.15) is 0 Å². The van der Waals surface area contributed by atoms with Gasteiger partial charge >= 0.3 is 0 Å². The molecule has 0 aliphatic rings. The van der Waals surface area contributed by atoms with Crippen LogP contribution in [-0.4, -0.2) is 13.4 Å². The molecular formula is C11H13N3O2S2. The third kappa shape index (κ3) is 3.06. The number of nitrogens with zero attached hydrogens (tertiary/aromatic N) is 1. The van der Waals surface area contributed by atoms with Gasteiger partial charge < -0.3 is 5.32 Å². The van der Waals surface area contributed by atoms with E-state index in [1.165, 1.54) is 12.1 Å². The van der Waals surface area contributed by atoms with Crippen LogP contribution in [0.1, 0.15) is 10.6 Å². The summed E-state index contributed by atoms with van der Waals surface area (Å²) in [7, 11) is -3.62. The molecule has 5 nitrogen and oxygen atoms in total. The maximum Gasteiger partial charge on any atom is 0.238 e. The molecule has 0 fully saturated rings. The minimum Gasteiger partial charge on any atom is -0.380 e. The molecule has 18 heavy (non-hydrogen) atoms. The highest BCUT2D eigenvalue weighted by atomic mass is 32.2. The van der Waals surface area contributed by atoms with Gasteiger partial charge in [0.15, 0.2) is 0 Å². The second-order valence-electron chi connectivity index (χ2n) is 3.78. The molecule has 96 valence electrons. The maximum atomic E-state index is 11.1. The number of rotatable bonds is 4. The largest absolute Gasteiger partial charge is 0.380 e. The molecule has 0 unspecified atom stereocenters. The van der Waals surface area contributed by atoms with Crippen LogP contribution in [0.2, 0.25) is 0 Å². The monoisotopic (exact) mass is 283 g/mol. The van der Waals surface area contributed by atoms with Gasteiger partial charge in [-0.05, 0) is 31.2 Å². The van der Waals surface area contributed by atoms with Gasteiger partial charge in [-0.15, -0.1) is 11.3 Å². The van der Waals surface area contributed by atoms with Crippen molar-refractivity contribution < 1.29 is 8.42 Å². The molecule has 0 amide bonds. The number of nitrogens with two attached hydrogens (primary N) is 1. The van der Waals surface area contributed by atoms with Crippen molar-refractivity contribution in [3.8, 4) is 0 Å². The summed E-state index contributed by atoms with van der Waals surface area (Å²) < 4.78 is 22.2. The predicted molar refractivity (Wildman–Crippen MR) is 72.0 cm³/mol. The molecule has 0 saturated carbocycles. The molecule has 0 aliphatic carbocycles. The van der Waals surface area contributed by atoms with Crippen molar-refractivity contribution in [1.82, 2.24) is 4.98 Å². The van der Waals surface area contributed by atoms with E-state index in [1.54, 1.807) is 29.0 Å². The van der Waals surface area contributed by atoms with Crippen LogP contribution in [0, 0.1) is 6.92 Å². The molecule has 0 spiro atoms. The lowest BCUT2D eigenvalue weighted by Gasteiger charge is -2.06. The third-order valence-electron chi connectivity index (χ3n) is 2.48. The van der Waals surface area contributed by atoms with E-state index >= 15 is 0 Å². The Balaban J connectivity index is 2.05. The maximum absolute atomic E-state index is 11.1. The van der Waals surface area contributed by atoms with E-state index in [1.807, 2.05) is 6.92 Å². The summed E-state index contributed by atoms with van der Waals surface area (Å²) in [6.45, 7) is 2.63. The first-order valence-corrected chi connectivity index (χ1v) is 7.65. The lowest BCUT2D eigenvalue weighted by Crippen LogP contribution is -2.11. The summed E-state index contributed by atoms with van der Waals surface area (Å²) >= 11 is 1.59. The van der Waals surface area contributed by atoms with Crippen LogP contribution in [0.5, 0.6) is 0 Å². The molecular weight excluding hydrogens is 270 g/mol. The lowest BCUT2D eigenvalue weighted by molar-refractivity contribution is 0.598. The molecule has 0 saturated heterocycles. The zero-order valence-electron chi connectivity index (χ0n) is 9.75. The van der Waals surface area contributed by atoms with Crippen molar-refractivity contribution in [3.63, 3.8) is 0 Å². The van der Waals surface area contributed by atoms with Crippen molar-refractivity contribution in [1.29, 1.82) is 0 Å². The molecule has 1 aromatic heterocycles. The average Bonchev–Trinajstić information content (AvgIpc) is 2.72. The molecule has 7 heteroatoms. The quantitative estimate of drug-likeness (QED) is 0.894. The van der Waals surface area contributed by atoms with Gasteiger partial charge in [0.25, 0.3) is 0 Å². The van der Waals surface area contributed by atoms with Crippen molar-refractivity contribution in [2.45, 2.75) is 18.4 Å². The molecule has 3 N–H and O–H groups in total. The van der Waals surface area contributed by atoms with Crippen LogP contribution in [0.3, 0.4) is 0 Å². The topological polar surface area (TPSA) is 85.1 Å². The van der Waals surface area contributed by atoms with Gasteiger partial charge in [-0.25, -0.2) is 18.5 Å². The smallest absolute Gasteiger partial charge is 0.238 e. The standard InChI is InChI=1S/C11H13N3O2S2/c1-8-11(17-7-14-8)6-13-9-2-4-10(5-3-9)18(12,15)16/h2-5,7,13H,6H2,1H3,(H2,12,15,16). The van der Waals surface area contributed by atoms with Crippen LogP contribution in [0.4, 0.5) is 5.69 Å². The summed E-state index contributed by atoms with van der Waals surface area (Å²) in [5.74, 6) is 0. The second kappa shape index (κ2) is 5.05. The Morgan fingerprint density at radius 1 is 1.33 bits per heavy atom. The molecule has 0 aliphatic heterocycles. The van der Waals surface area contributed by atoms with Crippen LogP contribution in [0.25, 0.3) is 0 Å². The zero-order valence-corrected chi connectivity index (χ0v) is 11.4. The fraction of sp³-hybridized carbons (Fsp3) is 0.182. The fourth-order valence-electron chi connectivity index (χ4n) is 1.44. The van der Waals surface area contributed by atoms with E-state index in [0.717, 1.165) is 16.3 Å². The van der Waals surface area contributed by atoms with Crippen LogP contribution < -0.4 is 10.5 Å². The van der Waals surface area contributed by atoms with Crippen molar-refractivity contribution >= 4 is 27.0 Å². The Morgan fingerprint density at radius 3 is 2.50 bits per heavy atom. The first kappa shape index (κ1) is 13.0. The number of primary sulfonamides is 1. The summed E-state index contributed by atoms with van der Waals surface area (Å²) in [6.07, 6.45) is 0. The number of hydrogen-bond acceptors (Lipinski definition) is 5. The molecule has 0 atom stereocenters. The highest BCUT2D eigenvalue weighted by Gasteiger charge is 2.07. The normalized spacial score (nSPS) is 11.4.